The van der Waals surface area contributed by atoms with E-state index >= 15 is 0 Å². The molecule has 0 aromatic heterocycles. The lowest BCUT2D eigenvalue weighted by Crippen LogP contribution is -2.23. The predicted molar refractivity (Wildman–Crippen MR) is 83.8 cm³/mol. The SMILES string of the molecule is Cc1ccccc1/C=C/NC(=O)Nc1ccccc1Cl. The maximum absolute atomic E-state index is 11.7. The second kappa shape index (κ2) is 6.78. The average molecular weight is 287 g/mol. The highest BCUT2D eigenvalue weighted by Gasteiger charge is 2.02. The molecule has 2 N–H and O–H groups in total. The van der Waals surface area contributed by atoms with E-state index in [9.17, 15) is 4.79 Å². The maximum Gasteiger partial charge on any atom is 0.323 e. The van der Waals surface area contributed by atoms with Crippen molar-refractivity contribution in [3.8, 4) is 0 Å². The van der Waals surface area contributed by atoms with Gasteiger partial charge in [0.1, 0.15) is 0 Å². The molecule has 0 fully saturated rings. The van der Waals surface area contributed by atoms with Crippen LogP contribution in [0, 0.1) is 6.92 Å². The molecule has 0 saturated heterocycles. The number of urea groups is 1. The summed E-state index contributed by atoms with van der Waals surface area (Å²) in [7, 11) is 0. The Kier molecular flexibility index (Phi) is 4.80. The summed E-state index contributed by atoms with van der Waals surface area (Å²) < 4.78 is 0. The summed E-state index contributed by atoms with van der Waals surface area (Å²) in [6, 6.07) is 14.7. The first-order valence-electron chi connectivity index (χ1n) is 6.21. The fraction of sp³-hybridized carbons (Fsp3) is 0.0625. The number of halogens is 1. The van der Waals surface area contributed by atoms with Crippen molar-refractivity contribution in [1.29, 1.82) is 0 Å². The van der Waals surface area contributed by atoms with Crippen LogP contribution >= 0.6 is 11.6 Å². The Bertz CT molecular complexity index is 638. The van der Waals surface area contributed by atoms with Gasteiger partial charge < -0.3 is 10.6 Å². The second-order valence-corrected chi connectivity index (χ2v) is 4.68. The van der Waals surface area contributed by atoms with Crippen molar-refractivity contribution in [1.82, 2.24) is 5.32 Å². The molecule has 0 saturated carbocycles. The third-order valence-corrected chi connectivity index (χ3v) is 3.12. The van der Waals surface area contributed by atoms with Crippen LogP contribution in [-0.2, 0) is 0 Å². The van der Waals surface area contributed by atoms with E-state index in [2.05, 4.69) is 10.6 Å². The van der Waals surface area contributed by atoms with E-state index in [1.165, 1.54) is 0 Å². The van der Waals surface area contributed by atoms with Crippen molar-refractivity contribution < 1.29 is 4.79 Å². The smallest absolute Gasteiger partial charge is 0.314 e. The van der Waals surface area contributed by atoms with E-state index in [0.717, 1.165) is 11.1 Å². The number of nitrogens with one attached hydrogen (secondary N) is 2. The normalized spacial score (nSPS) is 10.5. The molecule has 0 radical (unpaired) electrons. The van der Waals surface area contributed by atoms with Crippen LogP contribution in [0.1, 0.15) is 11.1 Å². The summed E-state index contributed by atoms with van der Waals surface area (Å²) in [5.74, 6) is 0. The highest BCUT2D eigenvalue weighted by atomic mass is 35.5. The van der Waals surface area contributed by atoms with Crippen molar-refractivity contribution >= 4 is 29.4 Å². The van der Waals surface area contributed by atoms with Gasteiger partial charge in [0.05, 0.1) is 10.7 Å². The summed E-state index contributed by atoms with van der Waals surface area (Å²) in [5, 5.41) is 5.83. The van der Waals surface area contributed by atoms with Crippen LogP contribution in [0.25, 0.3) is 6.08 Å². The molecule has 3 nitrogen and oxygen atoms in total. The number of aryl methyl sites for hydroxylation is 1. The number of rotatable bonds is 3. The van der Waals surface area contributed by atoms with Gasteiger partial charge in [0.25, 0.3) is 0 Å². The summed E-state index contributed by atoms with van der Waals surface area (Å²) in [4.78, 5) is 11.7. The first kappa shape index (κ1) is 14.2. The van der Waals surface area contributed by atoms with Gasteiger partial charge in [-0.15, -0.1) is 0 Å². The van der Waals surface area contributed by atoms with E-state index < -0.39 is 0 Å². The van der Waals surface area contributed by atoms with Crippen LogP contribution in [0.3, 0.4) is 0 Å². The van der Waals surface area contributed by atoms with Gasteiger partial charge in [0.15, 0.2) is 0 Å². The van der Waals surface area contributed by atoms with Crippen molar-refractivity contribution in [3.63, 3.8) is 0 Å². The van der Waals surface area contributed by atoms with Gasteiger partial charge in [-0.05, 0) is 36.3 Å². The molecule has 20 heavy (non-hydrogen) atoms. The van der Waals surface area contributed by atoms with Gasteiger partial charge in [-0.25, -0.2) is 4.79 Å². The van der Waals surface area contributed by atoms with Gasteiger partial charge in [-0.1, -0.05) is 48.0 Å². The lowest BCUT2D eigenvalue weighted by Gasteiger charge is -2.06. The van der Waals surface area contributed by atoms with E-state index in [1.807, 2.05) is 49.4 Å². The molecule has 0 spiro atoms. The van der Waals surface area contributed by atoms with Crippen molar-refractivity contribution in [3.05, 3.63) is 70.9 Å². The van der Waals surface area contributed by atoms with Gasteiger partial charge in [0, 0.05) is 6.20 Å². The molecule has 2 aromatic rings. The molecule has 2 amide bonds. The van der Waals surface area contributed by atoms with E-state index in [-0.39, 0.29) is 6.03 Å². The van der Waals surface area contributed by atoms with Crippen molar-refractivity contribution in [2.75, 3.05) is 5.32 Å². The number of hydrogen-bond donors (Lipinski definition) is 2. The molecule has 102 valence electrons. The minimum Gasteiger partial charge on any atom is -0.314 e. The maximum atomic E-state index is 11.7. The van der Waals surface area contributed by atoms with Crippen LogP contribution < -0.4 is 10.6 Å². The van der Waals surface area contributed by atoms with E-state index in [4.69, 9.17) is 11.6 Å². The topological polar surface area (TPSA) is 41.1 Å². The Morgan fingerprint density at radius 3 is 2.55 bits per heavy atom. The Balaban J connectivity index is 1.93. The van der Waals surface area contributed by atoms with Crippen LogP contribution in [0.4, 0.5) is 10.5 Å². The third kappa shape index (κ3) is 3.87. The molecule has 2 rings (SSSR count). The molecule has 0 heterocycles. The van der Waals surface area contributed by atoms with Crippen LogP contribution in [0.15, 0.2) is 54.7 Å². The molecular formula is C16H15ClN2O. The number of benzene rings is 2. The van der Waals surface area contributed by atoms with Crippen molar-refractivity contribution in [2.24, 2.45) is 0 Å². The zero-order valence-electron chi connectivity index (χ0n) is 11.1. The summed E-state index contributed by atoms with van der Waals surface area (Å²) in [5.41, 5.74) is 2.79. The summed E-state index contributed by atoms with van der Waals surface area (Å²) in [6.45, 7) is 2.02. The average Bonchev–Trinajstić information content (AvgIpc) is 2.43. The fourth-order valence-electron chi connectivity index (χ4n) is 1.70. The van der Waals surface area contributed by atoms with E-state index in [0.29, 0.717) is 10.7 Å². The number of para-hydroxylation sites is 1. The van der Waals surface area contributed by atoms with Crippen LogP contribution in [0.5, 0.6) is 0 Å². The van der Waals surface area contributed by atoms with Gasteiger partial charge in [-0.2, -0.15) is 0 Å². The lowest BCUT2D eigenvalue weighted by molar-refractivity contribution is 0.255. The van der Waals surface area contributed by atoms with Gasteiger partial charge in [0.2, 0.25) is 0 Å². The third-order valence-electron chi connectivity index (χ3n) is 2.79. The zero-order chi connectivity index (χ0) is 14.4. The predicted octanol–water partition coefficient (Wildman–Crippen LogP) is 4.44. The summed E-state index contributed by atoms with van der Waals surface area (Å²) in [6.07, 6.45) is 3.45. The first-order valence-corrected chi connectivity index (χ1v) is 6.59. The lowest BCUT2D eigenvalue weighted by atomic mass is 10.1. The number of amides is 2. The quantitative estimate of drug-likeness (QED) is 0.860. The Morgan fingerprint density at radius 1 is 1.10 bits per heavy atom. The molecule has 0 atom stereocenters. The number of anilines is 1. The molecular weight excluding hydrogens is 272 g/mol. The van der Waals surface area contributed by atoms with Crippen molar-refractivity contribution in [2.45, 2.75) is 6.92 Å². The monoisotopic (exact) mass is 286 g/mol. The number of hydrogen-bond acceptors (Lipinski definition) is 1. The molecule has 2 aromatic carbocycles. The summed E-state index contributed by atoms with van der Waals surface area (Å²) >= 11 is 5.96. The van der Waals surface area contributed by atoms with Crippen LogP contribution in [0.2, 0.25) is 5.02 Å². The Labute approximate surface area is 123 Å². The molecule has 0 aliphatic rings. The molecule has 0 aliphatic carbocycles. The van der Waals surface area contributed by atoms with Crippen LogP contribution in [-0.4, -0.2) is 6.03 Å². The Morgan fingerprint density at radius 2 is 1.80 bits per heavy atom. The highest BCUT2D eigenvalue weighted by Crippen LogP contribution is 2.20. The molecule has 4 heteroatoms. The zero-order valence-corrected chi connectivity index (χ0v) is 11.8. The highest BCUT2D eigenvalue weighted by molar-refractivity contribution is 6.33. The largest absolute Gasteiger partial charge is 0.323 e. The van der Waals surface area contributed by atoms with Gasteiger partial charge >= 0.3 is 6.03 Å². The minimum atomic E-state index is -0.331. The Hall–Kier alpha value is -2.26. The standard InChI is InChI=1S/C16H15ClN2O/c1-12-6-2-3-7-13(12)10-11-18-16(20)19-15-9-5-4-8-14(15)17/h2-11H,1H3,(H2,18,19,20)/b11-10+. The number of carbonyl (C=O) groups excluding carboxylic acids is 1. The van der Waals surface area contributed by atoms with Gasteiger partial charge in [-0.3, -0.25) is 0 Å². The molecule has 0 aliphatic heterocycles. The second-order valence-electron chi connectivity index (χ2n) is 4.27. The fourth-order valence-corrected chi connectivity index (χ4v) is 1.88. The number of carbonyl (C=O) groups is 1. The molecule has 0 unspecified atom stereocenters. The van der Waals surface area contributed by atoms with E-state index in [1.54, 1.807) is 18.3 Å². The first-order chi connectivity index (χ1) is 9.66. The minimum absolute atomic E-state index is 0.331. The molecule has 0 bridgehead atoms.